The fourth-order valence-corrected chi connectivity index (χ4v) is 4.02. The molecule has 1 aliphatic rings. The highest BCUT2D eigenvalue weighted by molar-refractivity contribution is 7.89. The molecule has 3 rings (SSSR count). The number of carbonyl (C=O) groups is 2. The molecule has 9 heteroatoms. The first kappa shape index (κ1) is 22.8. The van der Waals surface area contributed by atoms with Crippen LogP contribution in [0.3, 0.4) is 0 Å². The van der Waals surface area contributed by atoms with Crippen molar-refractivity contribution >= 4 is 21.8 Å². The third-order valence-electron chi connectivity index (χ3n) is 4.74. The number of rotatable bonds is 11. The minimum Gasteiger partial charge on any atom is -0.457 e. The zero-order valence-electron chi connectivity index (χ0n) is 17.3. The van der Waals surface area contributed by atoms with Crippen molar-refractivity contribution in [3.8, 4) is 11.5 Å². The third-order valence-corrected chi connectivity index (χ3v) is 6.22. The molecular formula is C22H25NO7S. The van der Waals surface area contributed by atoms with Gasteiger partial charge < -0.3 is 14.2 Å². The molecule has 2 aromatic carbocycles. The monoisotopic (exact) mass is 447 g/mol. The van der Waals surface area contributed by atoms with Gasteiger partial charge in [0.1, 0.15) is 0 Å². The van der Waals surface area contributed by atoms with E-state index in [9.17, 15) is 18.0 Å². The molecule has 0 bridgehead atoms. The Labute approximate surface area is 181 Å². The Balaban J connectivity index is 1.30. The maximum Gasteiger partial charge on any atom is 0.306 e. The Hall–Kier alpha value is -2.91. The van der Waals surface area contributed by atoms with Crippen molar-refractivity contribution in [1.82, 2.24) is 4.72 Å². The zero-order valence-corrected chi connectivity index (χ0v) is 18.1. The van der Waals surface area contributed by atoms with Crippen molar-refractivity contribution < 1.29 is 32.2 Å². The van der Waals surface area contributed by atoms with Gasteiger partial charge in [-0.1, -0.05) is 24.1 Å². The predicted molar refractivity (Wildman–Crippen MR) is 113 cm³/mol. The molecule has 1 aliphatic heterocycles. The summed E-state index contributed by atoms with van der Waals surface area (Å²) in [6.45, 7) is 1.96. The van der Waals surface area contributed by atoms with Gasteiger partial charge in [0.2, 0.25) is 16.8 Å². The Kier molecular flexibility index (Phi) is 7.64. The van der Waals surface area contributed by atoms with Gasteiger partial charge in [0, 0.05) is 18.5 Å². The molecule has 0 radical (unpaired) electrons. The molecule has 0 aliphatic carbocycles. The van der Waals surface area contributed by atoms with Crippen LogP contribution >= 0.6 is 0 Å². The number of esters is 1. The van der Waals surface area contributed by atoms with Crippen molar-refractivity contribution in [2.24, 2.45) is 0 Å². The minimum absolute atomic E-state index is 0.120. The largest absolute Gasteiger partial charge is 0.457 e. The number of carbonyl (C=O) groups excluding carboxylic acids is 2. The lowest BCUT2D eigenvalue weighted by Crippen LogP contribution is -2.24. The zero-order chi connectivity index (χ0) is 22.3. The lowest BCUT2D eigenvalue weighted by Gasteiger charge is -2.07. The van der Waals surface area contributed by atoms with Gasteiger partial charge in [-0.05, 0) is 50.1 Å². The molecule has 1 N–H and O–H groups in total. The first-order chi connectivity index (χ1) is 14.8. The maximum atomic E-state index is 12.2. The summed E-state index contributed by atoms with van der Waals surface area (Å²) in [7, 11) is -3.52. The fraction of sp³-hybridized carbons (Fsp3) is 0.364. The van der Waals surface area contributed by atoms with Crippen LogP contribution in [0.2, 0.25) is 0 Å². The van der Waals surface area contributed by atoms with E-state index in [1.54, 1.807) is 42.5 Å². The van der Waals surface area contributed by atoms with Crippen LogP contribution in [-0.4, -0.2) is 40.1 Å². The van der Waals surface area contributed by atoms with Crippen LogP contribution in [0, 0.1) is 6.92 Å². The number of ether oxygens (including phenoxy) is 3. The number of sulfonamides is 1. The summed E-state index contributed by atoms with van der Waals surface area (Å²) in [4.78, 5) is 24.2. The van der Waals surface area contributed by atoms with Crippen LogP contribution in [0.4, 0.5) is 0 Å². The van der Waals surface area contributed by atoms with Gasteiger partial charge in [0.05, 0.1) is 4.90 Å². The lowest BCUT2D eigenvalue weighted by atomic mass is 10.1. The van der Waals surface area contributed by atoms with Gasteiger partial charge in [-0.25, -0.2) is 13.1 Å². The second-order valence-corrected chi connectivity index (χ2v) is 8.94. The maximum absolute atomic E-state index is 12.2. The summed E-state index contributed by atoms with van der Waals surface area (Å²) in [6.07, 6.45) is 1.96. The van der Waals surface area contributed by atoms with E-state index in [0.717, 1.165) is 5.56 Å². The fourth-order valence-electron chi connectivity index (χ4n) is 2.95. The first-order valence-electron chi connectivity index (χ1n) is 10.00. The number of hydrogen-bond acceptors (Lipinski definition) is 7. The summed E-state index contributed by atoms with van der Waals surface area (Å²) in [5, 5.41) is 0. The van der Waals surface area contributed by atoms with E-state index < -0.39 is 16.0 Å². The van der Waals surface area contributed by atoms with E-state index in [4.69, 9.17) is 14.2 Å². The Bertz CT molecular complexity index is 1030. The van der Waals surface area contributed by atoms with E-state index in [2.05, 4.69) is 4.72 Å². The molecule has 0 fully saturated rings. The smallest absolute Gasteiger partial charge is 0.306 e. The standard InChI is InChI=1S/C22H25NO7S/c1-16-6-9-18(10-7-16)31(26,27)23-12-4-2-3-5-22(25)28-14-19(24)17-8-11-20-21(13-17)30-15-29-20/h6-11,13,23H,2-5,12,14-15H2,1H3. The normalized spacial score (nSPS) is 12.5. The quantitative estimate of drug-likeness (QED) is 0.320. The number of fused-ring (bicyclic) bond motifs is 1. The van der Waals surface area contributed by atoms with E-state index in [0.29, 0.717) is 36.3 Å². The van der Waals surface area contributed by atoms with Gasteiger partial charge in [-0.3, -0.25) is 9.59 Å². The summed E-state index contributed by atoms with van der Waals surface area (Å²) < 4.78 is 42.4. The van der Waals surface area contributed by atoms with Gasteiger partial charge in [0.15, 0.2) is 23.9 Å². The molecule has 166 valence electrons. The summed E-state index contributed by atoms with van der Waals surface area (Å²) >= 11 is 0. The predicted octanol–water partition coefficient (Wildman–Crippen LogP) is 2.99. The van der Waals surface area contributed by atoms with Crippen molar-refractivity contribution in [2.75, 3.05) is 19.9 Å². The SMILES string of the molecule is Cc1ccc(S(=O)(=O)NCCCCCC(=O)OCC(=O)c2ccc3c(c2)OCO3)cc1. The summed E-state index contributed by atoms with van der Waals surface area (Å²) in [5.74, 6) is 0.288. The van der Waals surface area contributed by atoms with Crippen LogP contribution in [0.25, 0.3) is 0 Å². The van der Waals surface area contributed by atoms with Crippen molar-refractivity contribution in [2.45, 2.75) is 37.5 Å². The molecular weight excluding hydrogens is 422 g/mol. The molecule has 0 atom stereocenters. The number of benzene rings is 2. The molecule has 31 heavy (non-hydrogen) atoms. The van der Waals surface area contributed by atoms with Crippen LogP contribution in [-0.2, 0) is 19.6 Å². The van der Waals surface area contributed by atoms with Crippen LogP contribution in [0.15, 0.2) is 47.4 Å². The Morgan fingerprint density at radius 2 is 1.74 bits per heavy atom. The van der Waals surface area contributed by atoms with Gasteiger partial charge in [-0.15, -0.1) is 0 Å². The summed E-state index contributed by atoms with van der Waals surface area (Å²) in [6, 6.07) is 11.4. The van der Waals surface area contributed by atoms with Gasteiger partial charge in [0.25, 0.3) is 0 Å². The Morgan fingerprint density at radius 1 is 1.00 bits per heavy atom. The Morgan fingerprint density at radius 3 is 2.52 bits per heavy atom. The second kappa shape index (κ2) is 10.4. The number of unbranched alkanes of at least 4 members (excludes halogenated alkanes) is 2. The number of hydrogen-bond donors (Lipinski definition) is 1. The lowest BCUT2D eigenvalue weighted by molar-refractivity contribution is -0.142. The van der Waals surface area contributed by atoms with E-state index in [1.165, 1.54) is 0 Å². The van der Waals surface area contributed by atoms with Gasteiger partial charge in [-0.2, -0.15) is 0 Å². The number of aryl methyl sites for hydroxylation is 1. The molecule has 0 aromatic heterocycles. The summed E-state index contributed by atoms with van der Waals surface area (Å²) in [5.41, 5.74) is 1.38. The van der Waals surface area contributed by atoms with E-state index in [1.807, 2.05) is 6.92 Å². The molecule has 8 nitrogen and oxygen atoms in total. The number of nitrogens with one attached hydrogen (secondary N) is 1. The average molecular weight is 448 g/mol. The molecule has 0 saturated heterocycles. The number of ketones is 1. The number of Topliss-reactive ketones (excluding diaryl/α,β-unsaturated/α-hetero) is 1. The average Bonchev–Trinajstić information content (AvgIpc) is 3.22. The topological polar surface area (TPSA) is 108 Å². The molecule has 0 unspecified atom stereocenters. The third kappa shape index (κ3) is 6.53. The first-order valence-corrected chi connectivity index (χ1v) is 11.5. The van der Waals surface area contributed by atoms with E-state index >= 15 is 0 Å². The van der Waals surface area contributed by atoms with Crippen LogP contribution in [0.1, 0.15) is 41.6 Å². The van der Waals surface area contributed by atoms with Crippen molar-refractivity contribution in [3.05, 3.63) is 53.6 Å². The van der Waals surface area contributed by atoms with Gasteiger partial charge >= 0.3 is 5.97 Å². The van der Waals surface area contributed by atoms with E-state index in [-0.39, 0.29) is 37.0 Å². The minimum atomic E-state index is -3.52. The van der Waals surface area contributed by atoms with Crippen LogP contribution in [0.5, 0.6) is 11.5 Å². The molecule has 2 aromatic rings. The molecule has 0 saturated carbocycles. The molecule has 0 spiro atoms. The molecule has 1 heterocycles. The highest BCUT2D eigenvalue weighted by Gasteiger charge is 2.17. The van der Waals surface area contributed by atoms with Crippen LogP contribution < -0.4 is 14.2 Å². The highest BCUT2D eigenvalue weighted by atomic mass is 32.2. The van der Waals surface area contributed by atoms with Crippen molar-refractivity contribution in [3.63, 3.8) is 0 Å². The van der Waals surface area contributed by atoms with Crippen molar-refractivity contribution in [1.29, 1.82) is 0 Å². The highest BCUT2D eigenvalue weighted by Crippen LogP contribution is 2.32. The molecule has 0 amide bonds. The second-order valence-electron chi connectivity index (χ2n) is 7.17.